The van der Waals surface area contributed by atoms with Crippen LogP contribution < -0.4 is 0 Å². The second-order valence-electron chi connectivity index (χ2n) is 4.53. The van der Waals surface area contributed by atoms with Crippen LogP contribution in [0, 0.1) is 6.92 Å². The van der Waals surface area contributed by atoms with E-state index in [1.807, 2.05) is 37.3 Å². The van der Waals surface area contributed by atoms with Crippen molar-refractivity contribution in [3.05, 3.63) is 55.2 Å². The van der Waals surface area contributed by atoms with Crippen molar-refractivity contribution in [1.29, 1.82) is 0 Å². The number of aromatic nitrogens is 1. The van der Waals surface area contributed by atoms with Crippen LogP contribution in [0.3, 0.4) is 0 Å². The lowest BCUT2D eigenvalue weighted by atomic mass is 10.2. The van der Waals surface area contributed by atoms with Gasteiger partial charge in [0.15, 0.2) is 5.78 Å². The molecule has 5 heteroatoms. The van der Waals surface area contributed by atoms with Crippen LogP contribution in [0.5, 0.6) is 0 Å². The van der Waals surface area contributed by atoms with Gasteiger partial charge in [0.25, 0.3) is 0 Å². The summed E-state index contributed by atoms with van der Waals surface area (Å²) < 4.78 is 4.11. The third kappa shape index (κ3) is 2.38. The fourth-order valence-corrected chi connectivity index (χ4v) is 4.14. The number of ketones is 1. The quantitative estimate of drug-likeness (QED) is 0.526. The van der Waals surface area contributed by atoms with Crippen LogP contribution >= 0.6 is 43.2 Å². The summed E-state index contributed by atoms with van der Waals surface area (Å²) in [5, 5.41) is 1.14. The summed E-state index contributed by atoms with van der Waals surface area (Å²) in [6.45, 7) is 2.40. The van der Waals surface area contributed by atoms with Gasteiger partial charge in [0.2, 0.25) is 0 Å². The summed E-state index contributed by atoms with van der Waals surface area (Å²) in [4.78, 5) is 13.2. The molecule has 0 aliphatic carbocycles. The molecule has 0 spiro atoms. The molecule has 2 aromatic heterocycles. The Morgan fingerprint density at radius 2 is 1.95 bits per heavy atom. The van der Waals surface area contributed by atoms with Crippen molar-refractivity contribution in [3.63, 3.8) is 0 Å². The smallest absolute Gasteiger partial charge is 0.192 e. The molecule has 0 saturated heterocycles. The molecule has 3 rings (SSSR count). The molecular weight excluding hydrogens is 402 g/mol. The first-order valence-corrected chi connectivity index (χ1v) is 8.50. The molecule has 102 valence electrons. The van der Waals surface area contributed by atoms with E-state index < -0.39 is 0 Å². The Morgan fingerprint density at radius 1 is 1.20 bits per heavy atom. The van der Waals surface area contributed by atoms with Gasteiger partial charge < -0.3 is 4.57 Å². The fourth-order valence-electron chi connectivity index (χ4n) is 2.28. The third-order valence-electron chi connectivity index (χ3n) is 3.30. The molecule has 0 saturated carbocycles. The molecule has 0 fully saturated rings. The molecule has 20 heavy (non-hydrogen) atoms. The number of halogens is 2. The van der Waals surface area contributed by atoms with Crippen LogP contribution in [-0.2, 0) is 6.54 Å². The second kappa shape index (κ2) is 5.47. The van der Waals surface area contributed by atoms with Gasteiger partial charge in [0.05, 0.1) is 15.2 Å². The van der Waals surface area contributed by atoms with E-state index in [2.05, 4.69) is 42.5 Å². The summed E-state index contributed by atoms with van der Waals surface area (Å²) >= 11 is 8.49. The molecule has 0 radical (unpaired) electrons. The van der Waals surface area contributed by atoms with E-state index in [1.54, 1.807) is 0 Å². The van der Waals surface area contributed by atoms with Crippen molar-refractivity contribution in [2.75, 3.05) is 0 Å². The number of hydrogen-bond donors (Lipinski definition) is 0. The Bertz CT molecular complexity index is 803. The van der Waals surface area contributed by atoms with Crippen LogP contribution in [0.15, 0.2) is 44.7 Å². The van der Waals surface area contributed by atoms with Crippen molar-refractivity contribution < 1.29 is 4.79 Å². The molecule has 0 unspecified atom stereocenters. The van der Waals surface area contributed by atoms with Crippen LogP contribution in [0.4, 0.5) is 0 Å². The van der Waals surface area contributed by atoms with Crippen LogP contribution in [0.25, 0.3) is 10.9 Å². The highest BCUT2D eigenvalue weighted by Gasteiger charge is 2.16. The number of Topliss-reactive ketones (excluding diaryl/α,β-unsaturated/α-hetero) is 1. The van der Waals surface area contributed by atoms with Crippen LogP contribution in [-0.4, -0.2) is 10.4 Å². The first kappa shape index (κ1) is 14.0. The molecule has 2 heterocycles. The van der Waals surface area contributed by atoms with Gasteiger partial charge in [-0.2, -0.15) is 0 Å². The molecule has 0 atom stereocenters. The van der Waals surface area contributed by atoms with Gasteiger partial charge >= 0.3 is 0 Å². The predicted molar refractivity (Wildman–Crippen MR) is 90.7 cm³/mol. The molecule has 0 aliphatic rings. The largest absolute Gasteiger partial charge is 0.336 e. The second-order valence-corrected chi connectivity index (χ2v) is 7.79. The molecule has 0 N–H and O–H groups in total. The van der Waals surface area contributed by atoms with Gasteiger partial charge in [-0.3, -0.25) is 4.79 Å². The molecule has 1 aromatic carbocycles. The SMILES string of the molecule is Cc1c(Br)c2ccccc2n1CC(=O)c1ccc(Br)s1. The van der Waals surface area contributed by atoms with E-state index in [1.165, 1.54) is 11.3 Å². The molecular formula is C15H11Br2NOS. The highest BCUT2D eigenvalue weighted by atomic mass is 79.9. The summed E-state index contributed by atoms with van der Waals surface area (Å²) in [5.41, 5.74) is 2.16. The van der Waals surface area contributed by atoms with Crippen LogP contribution in [0.1, 0.15) is 15.4 Å². The molecule has 0 amide bonds. The highest BCUT2D eigenvalue weighted by molar-refractivity contribution is 9.11. The monoisotopic (exact) mass is 411 g/mol. The Balaban J connectivity index is 2.03. The number of carbonyl (C=O) groups excluding carboxylic acids is 1. The predicted octanol–water partition coefficient (Wildman–Crippen LogP) is 5.42. The van der Waals surface area contributed by atoms with Crippen LogP contribution in [0.2, 0.25) is 0 Å². The average molecular weight is 413 g/mol. The van der Waals surface area contributed by atoms with E-state index >= 15 is 0 Å². The Kier molecular flexibility index (Phi) is 3.84. The lowest BCUT2D eigenvalue weighted by Gasteiger charge is -2.06. The number of para-hydroxylation sites is 1. The van der Waals surface area contributed by atoms with Crippen molar-refractivity contribution in [3.8, 4) is 0 Å². The maximum absolute atomic E-state index is 12.4. The number of thiophene rings is 1. The van der Waals surface area contributed by atoms with Gasteiger partial charge in [0, 0.05) is 21.1 Å². The van der Waals surface area contributed by atoms with E-state index in [-0.39, 0.29) is 5.78 Å². The third-order valence-corrected chi connectivity index (χ3v) is 5.97. The van der Waals surface area contributed by atoms with E-state index in [0.29, 0.717) is 6.54 Å². The van der Waals surface area contributed by atoms with Crippen molar-refractivity contribution in [2.45, 2.75) is 13.5 Å². The van der Waals surface area contributed by atoms with Crippen molar-refractivity contribution >= 4 is 59.9 Å². The van der Waals surface area contributed by atoms with E-state index in [0.717, 1.165) is 29.7 Å². The maximum Gasteiger partial charge on any atom is 0.192 e. The van der Waals surface area contributed by atoms with Gasteiger partial charge in [-0.25, -0.2) is 0 Å². The Morgan fingerprint density at radius 3 is 2.65 bits per heavy atom. The molecule has 3 aromatic rings. The average Bonchev–Trinajstić information content (AvgIpc) is 2.98. The summed E-state index contributed by atoms with van der Waals surface area (Å²) in [7, 11) is 0. The zero-order valence-electron chi connectivity index (χ0n) is 10.7. The molecule has 0 bridgehead atoms. The lowest BCUT2D eigenvalue weighted by Crippen LogP contribution is -2.10. The molecule has 2 nitrogen and oxygen atoms in total. The molecule has 0 aliphatic heterocycles. The normalized spacial score (nSPS) is 11.2. The highest BCUT2D eigenvalue weighted by Crippen LogP contribution is 2.31. The van der Waals surface area contributed by atoms with E-state index in [9.17, 15) is 4.79 Å². The van der Waals surface area contributed by atoms with Crippen molar-refractivity contribution in [2.24, 2.45) is 0 Å². The summed E-state index contributed by atoms with van der Waals surface area (Å²) in [6, 6.07) is 11.9. The number of nitrogens with zero attached hydrogens (tertiary/aromatic N) is 1. The number of rotatable bonds is 3. The summed E-state index contributed by atoms with van der Waals surface area (Å²) in [5.74, 6) is 0.136. The van der Waals surface area contributed by atoms with Gasteiger partial charge in [-0.15, -0.1) is 11.3 Å². The minimum Gasteiger partial charge on any atom is -0.336 e. The maximum atomic E-state index is 12.4. The Hall–Kier alpha value is -0.910. The number of fused-ring (bicyclic) bond motifs is 1. The van der Waals surface area contributed by atoms with Gasteiger partial charge in [0.1, 0.15) is 0 Å². The topological polar surface area (TPSA) is 22.0 Å². The zero-order valence-corrected chi connectivity index (χ0v) is 14.7. The van der Waals surface area contributed by atoms with Gasteiger partial charge in [-0.05, 0) is 57.0 Å². The number of carbonyl (C=O) groups is 1. The van der Waals surface area contributed by atoms with Gasteiger partial charge in [-0.1, -0.05) is 18.2 Å². The fraction of sp³-hybridized carbons (Fsp3) is 0.133. The summed E-state index contributed by atoms with van der Waals surface area (Å²) in [6.07, 6.45) is 0. The van der Waals surface area contributed by atoms with Crippen molar-refractivity contribution in [1.82, 2.24) is 4.57 Å². The zero-order chi connectivity index (χ0) is 14.3. The Labute approximate surface area is 137 Å². The first-order chi connectivity index (χ1) is 9.58. The van der Waals surface area contributed by atoms with E-state index in [4.69, 9.17) is 0 Å². The number of benzene rings is 1. The minimum absolute atomic E-state index is 0.136. The number of hydrogen-bond acceptors (Lipinski definition) is 2. The first-order valence-electron chi connectivity index (χ1n) is 6.10. The lowest BCUT2D eigenvalue weighted by molar-refractivity contribution is 0.0977. The standard InChI is InChI=1S/C15H11Br2NOS/c1-9-15(17)10-4-2-3-5-11(10)18(9)8-12(19)13-6-7-14(16)20-13/h2-7H,8H2,1H3. The minimum atomic E-state index is 0.136.